The van der Waals surface area contributed by atoms with E-state index in [9.17, 15) is 4.79 Å². The van der Waals surface area contributed by atoms with Crippen LogP contribution in [0.2, 0.25) is 0 Å². The van der Waals surface area contributed by atoms with Crippen LogP contribution in [0.15, 0.2) is 30.3 Å². The normalized spacial score (nSPS) is 27.4. The van der Waals surface area contributed by atoms with Crippen molar-refractivity contribution in [2.75, 3.05) is 33.7 Å². The number of unbranched alkanes of at least 4 members (excludes halogenated alkanes) is 1. The molecule has 1 aromatic rings. The van der Waals surface area contributed by atoms with Gasteiger partial charge in [-0.2, -0.15) is 0 Å². The molecule has 4 nitrogen and oxygen atoms in total. The Morgan fingerprint density at radius 2 is 1.85 bits per heavy atom. The number of halogens is 2. The van der Waals surface area contributed by atoms with Gasteiger partial charge in [0.25, 0.3) is 0 Å². The van der Waals surface area contributed by atoms with Crippen LogP contribution in [0.1, 0.15) is 43.0 Å². The molecule has 154 valence electrons. The highest BCUT2D eigenvalue weighted by Gasteiger charge is 2.47. The molecule has 0 spiro atoms. The van der Waals surface area contributed by atoms with Gasteiger partial charge in [-0.3, -0.25) is 0 Å². The lowest BCUT2D eigenvalue weighted by atomic mass is 9.71. The molecule has 1 saturated heterocycles. The highest BCUT2D eigenvalue weighted by atomic mass is 35.5. The topological polar surface area (TPSA) is 32.8 Å². The summed E-state index contributed by atoms with van der Waals surface area (Å²) in [4.78, 5) is 17.6. The van der Waals surface area contributed by atoms with E-state index >= 15 is 0 Å². The van der Waals surface area contributed by atoms with Gasteiger partial charge in [0.05, 0.1) is 5.56 Å². The second-order valence-corrected chi connectivity index (χ2v) is 7.88. The number of rotatable bonds is 6. The van der Waals surface area contributed by atoms with E-state index in [1.54, 1.807) is 0 Å². The summed E-state index contributed by atoms with van der Waals surface area (Å²) in [5.74, 6) is 0.716. The predicted octanol–water partition coefficient (Wildman–Crippen LogP) is 4.13. The molecule has 4 atom stereocenters. The maximum atomic E-state index is 12.6. The molecule has 2 bridgehead atoms. The monoisotopic (exact) mass is 416 g/mol. The van der Waals surface area contributed by atoms with Crippen molar-refractivity contribution in [1.82, 2.24) is 9.80 Å². The Balaban J connectivity index is 0.00000182. The lowest BCUT2D eigenvalue weighted by Gasteiger charge is -2.51. The molecule has 0 amide bonds. The minimum atomic E-state index is -0.165. The highest BCUT2D eigenvalue weighted by Crippen LogP contribution is 2.39. The van der Waals surface area contributed by atoms with E-state index in [4.69, 9.17) is 4.74 Å². The van der Waals surface area contributed by atoms with Crippen molar-refractivity contribution in [1.29, 1.82) is 0 Å². The molecule has 1 aliphatic carbocycles. The van der Waals surface area contributed by atoms with Gasteiger partial charge in [0.1, 0.15) is 6.10 Å². The van der Waals surface area contributed by atoms with Gasteiger partial charge in [0.15, 0.2) is 0 Å². The molecule has 1 aromatic carbocycles. The number of esters is 1. The maximum absolute atomic E-state index is 12.6. The fourth-order valence-electron chi connectivity index (χ4n) is 4.61. The average Bonchev–Trinajstić information content (AvgIpc) is 2.60. The number of ether oxygens (including phenoxy) is 1. The zero-order chi connectivity index (χ0) is 17.8. The summed E-state index contributed by atoms with van der Waals surface area (Å²) in [7, 11) is 4.32. The van der Waals surface area contributed by atoms with Crippen molar-refractivity contribution in [3.05, 3.63) is 35.9 Å². The first kappa shape index (κ1) is 24.2. The molecule has 1 saturated carbocycles. The summed E-state index contributed by atoms with van der Waals surface area (Å²) >= 11 is 0. The van der Waals surface area contributed by atoms with Gasteiger partial charge in [-0.1, -0.05) is 31.5 Å². The van der Waals surface area contributed by atoms with Crippen LogP contribution in [-0.2, 0) is 4.74 Å². The quantitative estimate of drug-likeness (QED) is 0.652. The van der Waals surface area contributed by atoms with Gasteiger partial charge in [-0.15, -0.1) is 24.8 Å². The lowest BCUT2D eigenvalue weighted by Crippen LogP contribution is -2.60. The Morgan fingerprint density at radius 1 is 1.15 bits per heavy atom. The number of carbonyl (C=O) groups excluding carboxylic acids is 1. The molecule has 1 aliphatic heterocycles. The van der Waals surface area contributed by atoms with E-state index in [1.165, 1.54) is 25.8 Å². The number of fused-ring (bicyclic) bond motifs is 2. The molecular weight excluding hydrogens is 383 g/mol. The zero-order valence-electron chi connectivity index (χ0n) is 16.7. The van der Waals surface area contributed by atoms with Gasteiger partial charge in [-0.25, -0.2) is 4.79 Å². The molecule has 1 heterocycles. The fourth-order valence-corrected chi connectivity index (χ4v) is 4.61. The Morgan fingerprint density at radius 3 is 2.48 bits per heavy atom. The van der Waals surface area contributed by atoms with Crippen LogP contribution in [0.5, 0.6) is 0 Å². The van der Waals surface area contributed by atoms with Crippen LogP contribution in [-0.4, -0.2) is 61.6 Å². The van der Waals surface area contributed by atoms with E-state index in [0.717, 1.165) is 19.5 Å². The van der Waals surface area contributed by atoms with E-state index in [-0.39, 0.29) is 36.9 Å². The highest BCUT2D eigenvalue weighted by molar-refractivity contribution is 5.89. The SMILES string of the molecule is CCCCN1CC2CC[C@H](N(C)C)C(C1)[C@H]2OC(=O)c1ccccc1.Cl.Cl. The molecule has 2 aliphatic rings. The van der Waals surface area contributed by atoms with E-state index in [2.05, 4.69) is 30.8 Å². The summed E-state index contributed by atoms with van der Waals surface area (Å²) in [5, 5.41) is 0. The van der Waals surface area contributed by atoms with Crippen LogP contribution in [0.25, 0.3) is 0 Å². The largest absolute Gasteiger partial charge is 0.458 e. The molecule has 2 unspecified atom stereocenters. The summed E-state index contributed by atoms with van der Waals surface area (Å²) in [6.45, 7) is 5.54. The Kier molecular flexibility index (Phi) is 10.1. The molecule has 0 aromatic heterocycles. The smallest absolute Gasteiger partial charge is 0.338 e. The molecule has 3 rings (SSSR count). The van der Waals surface area contributed by atoms with Crippen LogP contribution < -0.4 is 0 Å². The molecule has 27 heavy (non-hydrogen) atoms. The third-order valence-electron chi connectivity index (χ3n) is 5.92. The lowest BCUT2D eigenvalue weighted by molar-refractivity contribution is -0.0921. The zero-order valence-corrected chi connectivity index (χ0v) is 18.3. The van der Waals surface area contributed by atoms with E-state index in [0.29, 0.717) is 23.4 Å². The van der Waals surface area contributed by atoms with Crippen molar-refractivity contribution >= 4 is 30.8 Å². The van der Waals surface area contributed by atoms with Crippen molar-refractivity contribution in [3.63, 3.8) is 0 Å². The molecular formula is C21H34Cl2N2O2. The number of nitrogens with zero attached hydrogens (tertiary/aromatic N) is 2. The van der Waals surface area contributed by atoms with Crippen molar-refractivity contribution in [2.24, 2.45) is 11.8 Å². The number of benzene rings is 1. The standard InChI is InChI=1S/C21H32N2O2.2ClH/c1-4-5-13-23-14-17-11-12-19(22(2)3)18(15-23)20(17)25-21(24)16-9-7-6-8-10-16;;/h6-10,17-20H,4-5,11-15H2,1-3H3;2*1H/t17?,18?,19-,20-;;/m0../s1. The minimum absolute atomic E-state index is 0. The van der Waals surface area contributed by atoms with Crippen molar-refractivity contribution in [2.45, 2.75) is 44.8 Å². The Labute approximate surface area is 176 Å². The molecule has 0 radical (unpaired) electrons. The Hall–Kier alpha value is -0.810. The molecule has 0 N–H and O–H groups in total. The van der Waals surface area contributed by atoms with E-state index < -0.39 is 0 Å². The van der Waals surface area contributed by atoms with E-state index in [1.807, 2.05) is 30.3 Å². The van der Waals surface area contributed by atoms with Crippen LogP contribution in [0, 0.1) is 11.8 Å². The first-order valence-electron chi connectivity index (χ1n) is 9.75. The third kappa shape index (κ3) is 5.83. The second-order valence-electron chi connectivity index (χ2n) is 7.88. The minimum Gasteiger partial charge on any atom is -0.458 e. The first-order chi connectivity index (χ1) is 12.1. The fraction of sp³-hybridized carbons (Fsp3) is 0.667. The van der Waals surface area contributed by atoms with Gasteiger partial charge in [0, 0.05) is 31.0 Å². The third-order valence-corrected chi connectivity index (χ3v) is 5.92. The van der Waals surface area contributed by atoms with Crippen LogP contribution in [0.4, 0.5) is 0 Å². The summed E-state index contributed by atoms with van der Waals surface area (Å²) in [6.07, 6.45) is 4.89. The predicted molar refractivity (Wildman–Crippen MR) is 115 cm³/mol. The van der Waals surface area contributed by atoms with Gasteiger partial charge in [0.2, 0.25) is 0 Å². The summed E-state index contributed by atoms with van der Waals surface area (Å²) in [5.41, 5.74) is 0.662. The van der Waals surface area contributed by atoms with Crippen molar-refractivity contribution < 1.29 is 9.53 Å². The summed E-state index contributed by atoms with van der Waals surface area (Å²) in [6, 6.07) is 9.91. The number of piperidine rings is 1. The number of carbonyl (C=O) groups is 1. The van der Waals surface area contributed by atoms with Crippen LogP contribution >= 0.6 is 24.8 Å². The number of hydrogen-bond donors (Lipinski definition) is 0. The second kappa shape index (κ2) is 11.3. The van der Waals surface area contributed by atoms with Gasteiger partial charge < -0.3 is 14.5 Å². The summed E-state index contributed by atoms with van der Waals surface area (Å²) < 4.78 is 6.09. The Bertz CT molecular complexity index is 571. The maximum Gasteiger partial charge on any atom is 0.338 e. The molecule has 2 fully saturated rings. The number of likely N-dealkylation sites (tertiary alicyclic amines) is 1. The molecule has 6 heteroatoms. The van der Waals surface area contributed by atoms with Crippen molar-refractivity contribution in [3.8, 4) is 0 Å². The van der Waals surface area contributed by atoms with Crippen LogP contribution in [0.3, 0.4) is 0 Å². The number of hydrogen-bond acceptors (Lipinski definition) is 4. The first-order valence-corrected chi connectivity index (χ1v) is 9.75. The van der Waals surface area contributed by atoms with Gasteiger partial charge >= 0.3 is 5.97 Å². The van der Waals surface area contributed by atoms with Gasteiger partial charge in [-0.05, 0) is 52.0 Å². The average molecular weight is 417 g/mol.